The van der Waals surface area contributed by atoms with E-state index in [1.54, 1.807) is 0 Å². The van der Waals surface area contributed by atoms with Crippen molar-refractivity contribution in [1.29, 1.82) is 0 Å². The van der Waals surface area contributed by atoms with Crippen molar-refractivity contribution in [3.63, 3.8) is 0 Å². The quantitative estimate of drug-likeness (QED) is 0.334. The van der Waals surface area contributed by atoms with E-state index in [-0.39, 0.29) is 6.61 Å². The Morgan fingerprint density at radius 2 is 1.51 bits per heavy atom. The highest BCUT2D eigenvalue weighted by Gasteiger charge is 2.52. The topological polar surface area (TPSA) is 93.1 Å². The zero-order chi connectivity index (χ0) is 26.1. The van der Waals surface area contributed by atoms with Crippen LogP contribution in [0.4, 0.5) is 18.0 Å². The average Bonchev–Trinajstić information content (AvgIpc) is 3.16. The minimum Gasteiger partial charge on any atom is -0.465 e. The number of hydrogen-bond donors (Lipinski definition) is 1. The minimum atomic E-state index is -5.93. The van der Waals surface area contributed by atoms with Crippen molar-refractivity contribution in [1.82, 2.24) is 4.90 Å². The molecule has 12 heteroatoms. The molecular formula is C23H26F3NO6SSi. The summed E-state index contributed by atoms with van der Waals surface area (Å²) in [5, 5.41) is 11.0. The fourth-order valence-electron chi connectivity index (χ4n) is 4.20. The smallest absolute Gasteiger partial charge is 0.465 e. The molecule has 0 bridgehead atoms. The third-order valence-electron chi connectivity index (χ3n) is 5.74. The van der Waals surface area contributed by atoms with Crippen LogP contribution < -0.4 is 10.4 Å². The predicted octanol–water partition coefficient (Wildman–Crippen LogP) is 3.68. The van der Waals surface area contributed by atoms with Crippen molar-refractivity contribution in [3.05, 3.63) is 72.5 Å². The number of alkyl halides is 3. The van der Waals surface area contributed by atoms with Crippen molar-refractivity contribution in [3.8, 4) is 0 Å². The number of halogens is 3. The molecule has 3 rings (SSSR count). The highest BCUT2D eigenvalue weighted by molar-refractivity contribution is 7.87. The fraction of sp³-hybridized carbons (Fsp3) is 0.348. The summed E-state index contributed by atoms with van der Waals surface area (Å²) >= 11 is 0. The first kappa shape index (κ1) is 26.8. The molecule has 35 heavy (non-hydrogen) atoms. The van der Waals surface area contributed by atoms with Gasteiger partial charge in [-0.25, -0.2) is 4.79 Å². The monoisotopic (exact) mass is 529 g/mol. The third-order valence-corrected chi connectivity index (χ3v) is 11.7. The van der Waals surface area contributed by atoms with Gasteiger partial charge in [0.2, 0.25) is 0 Å². The number of benzene rings is 2. The molecule has 2 aromatic rings. The second-order valence-electron chi connectivity index (χ2n) is 9.07. The van der Waals surface area contributed by atoms with Gasteiger partial charge in [-0.3, -0.25) is 4.90 Å². The third kappa shape index (κ3) is 5.39. The van der Waals surface area contributed by atoms with Gasteiger partial charge in [-0.05, 0) is 21.5 Å². The van der Waals surface area contributed by atoms with E-state index in [0.29, 0.717) is 0 Å². The average molecular weight is 530 g/mol. The largest absolute Gasteiger partial charge is 0.534 e. The van der Waals surface area contributed by atoms with Crippen molar-refractivity contribution < 1.29 is 40.1 Å². The lowest BCUT2D eigenvalue weighted by atomic mass is 10.2. The van der Waals surface area contributed by atoms with Gasteiger partial charge in [-0.15, -0.1) is 0 Å². The first-order valence-electron chi connectivity index (χ1n) is 10.6. The molecule has 1 aliphatic heterocycles. The Hall–Kier alpha value is -2.83. The molecule has 190 valence electrons. The maximum absolute atomic E-state index is 12.8. The fourth-order valence-corrected chi connectivity index (χ4v) is 9.27. The number of amides is 1. The van der Waals surface area contributed by atoms with Crippen molar-refractivity contribution >= 4 is 34.9 Å². The molecule has 7 nitrogen and oxygen atoms in total. The number of carbonyl (C=O) groups is 1. The Bertz CT molecular complexity index is 1140. The molecule has 0 aliphatic carbocycles. The van der Waals surface area contributed by atoms with E-state index in [9.17, 15) is 31.5 Å². The van der Waals surface area contributed by atoms with Crippen LogP contribution in [0, 0.1) is 0 Å². The number of carboxylic acid groups (broad SMARTS) is 1. The summed E-state index contributed by atoms with van der Waals surface area (Å²) in [5.74, 6) is -0.624. The van der Waals surface area contributed by atoms with Gasteiger partial charge >= 0.3 is 21.7 Å². The zero-order valence-corrected chi connectivity index (χ0v) is 21.1. The molecule has 1 atom stereocenters. The minimum absolute atomic E-state index is 0.210. The van der Waals surface area contributed by atoms with E-state index in [1.165, 1.54) is 0 Å². The van der Waals surface area contributed by atoms with Crippen LogP contribution in [0.1, 0.15) is 20.8 Å². The van der Waals surface area contributed by atoms with E-state index in [1.807, 2.05) is 81.4 Å². The van der Waals surface area contributed by atoms with Crippen LogP contribution in [0.25, 0.3) is 0 Å². The summed E-state index contributed by atoms with van der Waals surface area (Å²) in [4.78, 5) is 12.6. The summed E-state index contributed by atoms with van der Waals surface area (Å²) in [5.41, 5.74) is -5.63. The van der Waals surface area contributed by atoms with Crippen LogP contribution in [0.3, 0.4) is 0 Å². The van der Waals surface area contributed by atoms with Gasteiger partial charge in [0.05, 0.1) is 19.2 Å². The van der Waals surface area contributed by atoms with Crippen LogP contribution in [-0.4, -0.2) is 57.5 Å². The molecule has 0 saturated heterocycles. The Morgan fingerprint density at radius 1 is 1.03 bits per heavy atom. The lowest BCUT2D eigenvalue weighted by Gasteiger charge is -2.43. The summed E-state index contributed by atoms with van der Waals surface area (Å²) in [6, 6.07) is 18.0. The standard InChI is InChI=1S/C23H26F3NO6SSi/c1-22(2,3)35(19-10-6-4-7-11-19,20-12-8-5-9-13-20)32-16-17-14-18(15-27(17)21(28)29)33-34(30,31)23(24,25)26/h4-14,17H,15-16H2,1-3H3,(H,28,29)/t17-/m1/s1. The first-order valence-corrected chi connectivity index (χ1v) is 14.0. The number of hydrogen-bond acceptors (Lipinski definition) is 5. The molecule has 0 spiro atoms. The van der Waals surface area contributed by atoms with E-state index in [2.05, 4.69) is 4.18 Å². The van der Waals surface area contributed by atoms with Gasteiger partial charge in [0.15, 0.2) is 0 Å². The van der Waals surface area contributed by atoms with Gasteiger partial charge < -0.3 is 13.7 Å². The second-order valence-corrected chi connectivity index (χ2v) is 14.9. The molecule has 0 aromatic heterocycles. The zero-order valence-electron chi connectivity index (χ0n) is 19.3. The molecule has 1 amide bonds. The van der Waals surface area contributed by atoms with Gasteiger partial charge in [0.1, 0.15) is 5.76 Å². The maximum Gasteiger partial charge on any atom is 0.534 e. The van der Waals surface area contributed by atoms with Crippen LogP contribution in [0.5, 0.6) is 0 Å². The van der Waals surface area contributed by atoms with E-state index in [0.717, 1.165) is 21.3 Å². The van der Waals surface area contributed by atoms with E-state index in [4.69, 9.17) is 4.43 Å². The van der Waals surface area contributed by atoms with Crippen LogP contribution in [-0.2, 0) is 18.7 Å². The number of nitrogens with zero attached hydrogens (tertiary/aromatic N) is 1. The molecule has 0 radical (unpaired) electrons. The van der Waals surface area contributed by atoms with Gasteiger partial charge in [0.25, 0.3) is 8.32 Å². The SMILES string of the molecule is CC(C)(C)[Si](OC[C@H]1C=C(OS(=O)(=O)C(F)(F)F)CN1C(=O)O)(c1ccccc1)c1ccccc1. The summed E-state index contributed by atoms with van der Waals surface area (Å²) in [6.07, 6.45) is -0.393. The Labute approximate surface area is 203 Å². The highest BCUT2D eigenvalue weighted by Crippen LogP contribution is 2.37. The molecule has 2 aromatic carbocycles. The van der Waals surface area contributed by atoms with Crippen LogP contribution >= 0.6 is 0 Å². The maximum atomic E-state index is 12.8. The van der Waals surface area contributed by atoms with Crippen molar-refractivity contribution in [2.24, 2.45) is 0 Å². The molecular weight excluding hydrogens is 503 g/mol. The lowest BCUT2D eigenvalue weighted by Crippen LogP contribution is -2.67. The Kier molecular flexibility index (Phi) is 7.39. The molecule has 1 heterocycles. The Balaban J connectivity index is 2.01. The normalized spacial score (nSPS) is 17.3. The second kappa shape index (κ2) is 9.67. The lowest BCUT2D eigenvalue weighted by molar-refractivity contribution is -0.0522. The number of rotatable bonds is 7. The Morgan fingerprint density at radius 3 is 1.91 bits per heavy atom. The van der Waals surface area contributed by atoms with Crippen molar-refractivity contribution in [2.75, 3.05) is 13.2 Å². The van der Waals surface area contributed by atoms with Gasteiger partial charge in [0, 0.05) is 0 Å². The highest BCUT2D eigenvalue weighted by atomic mass is 32.2. The first-order chi connectivity index (χ1) is 16.2. The molecule has 0 saturated carbocycles. The van der Waals surface area contributed by atoms with Gasteiger partial charge in [-0.1, -0.05) is 81.4 Å². The summed E-state index contributed by atoms with van der Waals surface area (Å²) < 4.78 is 72.0. The summed E-state index contributed by atoms with van der Waals surface area (Å²) in [7, 11) is -8.99. The van der Waals surface area contributed by atoms with Crippen LogP contribution in [0.15, 0.2) is 72.5 Å². The van der Waals surface area contributed by atoms with Crippen molar-refractivity contribution in [2.45, 2.75) is 37.4 Å². The molecule has 0 fully saturated rings. The predicted molar refractivity (Wildman–Crippen MR) is 126 cm³/mol. The summed E-state index contributed by atoms with van der Waals surface area (Å²) in [6.45, 7) is 5.19. The molecule has 1 N–H and O–H groups in total. The van der Waals surface area contributed by atoms with E-state index < -0.39 is 53.4 Å². The molecule has 1 aliphatic rings. The van der Waals surface area contributed by atoms with E-state index >= 15 is 0 Å². The molecule has 0 unspecified atom stereocenters. The van der Waals surface area contributed by atoms with Gasteiger partial charge in [-0.2, -0.15) is 21.6 Å². The van der Waals surface area contributed by atoms with Crippen LogP contribution in [0.2, 0.25) is 5.04 Å².